The maximum Gasteiger partial charge on any atom is 0.116 e. The molecule has 68 valence electrons. The number of aryl methyl sites for hydroxylation is 1. The lowest BCUT2D eigenvalue weighted by Gasteiger charge is -1.96. The van der Waals surface area contributed by atoms with E-state index >= 15 is 0 Å². The number of fused-ring (bicyclic) bond motifs is 1. The van der Waals surface area contributed by atoms with Crippen molar-refractivity contribution in [2.24, 2.45) is 5.73 Å². The van der Waals surface area contributed by atoms with Crippen molar-refractivity contribution >= 4 is 10.9 Å². The van der Waals surface area contributed by atoms with Crippen molar-refractivity contribution < 1.29 is 16.1 Å². The van der Waals surface area contributed by atoms with Crippen molar-refractivity contribution in [1.29, 1.82) is 0 Å². The zero-order chi connectivity index (χ0) is 16.3. The molecule has 3 heteroatoms. The van der Waals surface area contributed by atoms with E-state index in [4.69, 9.17) is 16.7 Å². The molecule has 1 heterocycles. The summed E-state index contributed by atoms with van der Waals surface area (Å²) in [6, 6.07) is -1.79. The van der Waals surface area contributed by atoms with Gasteiger partial charge < -0.3 is 15.8 Å². The SMILES string of the molecule is [3H]c1[nH]c2c([3H])c([3H])c(O)c([3H])c2c1C([3H])([3H])C([3H])([3H])N. The monoisotopic (exact) mass is 192 g/mol. The molecule has 0 saturated carbocycles. The Hall–Kier alpha value is -1.48. The van der Waals surface area contributed by atoms with Crippen LogP contribution < -0.4 is 5.73 Å². The minimum Gasteiger partial charge on any atom is -0.508 e. The van der Waals surface area contributed by atoms with E-state index in [1.807, 2.05) is 0 Å². The summed E-state index contributed by atoms with van der Waals surface area (Å²) in [7, 11) is 0. The second-order valence-electron chi connectivity index (χ2n) is 2.37. The highest BCUT2D eigenvalue weighted by molar-refractivity contribution is 5.84. The fourth-order valence-electron chi connectivity index (χ4n) is 1.03. The zero-order valence-corrected chi connectivity index (χ0v) is 6.52. The van der Waals surface area contributed by atoms with Gasteiger partial charge in [-0.05, 0) is 36.6 Å². The lowest BCUT2D eigenvalue weighted by molar-refractivity contribution is 0.476. The molecule has 0 bridgehead atoms. The average Bonchev–Trinajstić information content (AvgIpc) is 2.70. The Morgan fingerprint density at radius 3 is 3.23 bits per heavy atom. The van der Waals surface area contributed by atoms with Gasteiger partial charge in [-0.2, -0.15) is 0 Å². The number of rotatable bonds is 2. The fourth-order valence-corrected chi connectivity index (χ4v) is 1.03. The Kier molecular flexibility index (Phi) is 0.723. The number of aromatic amines is 1. The van der Waals surface area contributed by atoms with E-state index < -0.39 is 48.5 Å². The van der Waals surface area contributed by atoms with Crippen LogP contribution in [0, 0.1) is 0 Å². The molecule has 0 spiro atoms. The summed E-state index contributed by atoms with van der Waals surface area (Å²) in [4.78, 5) is 2.35. The summed E-state index contributed by atoms with van der Waals surface area (Å²) in [6.07, 6.45) is -3.39. The summed E-state index contributed by atoms with van der Waals surface area (Å²) in [5, 5.41) is 9.35. The van der Waals surface area contributed by atoms with Crippen LogP contribution in [0.3, 0.4) is 0 Å². The molecule has 0 unspecified atom stereocenters. The van der Waals surface area contributed by atoms with Gasteiger partial charge >= 0.3 is 0 Å². The van der Waals surface area contributed by atoms with Crippen LogP contribution >= 0.6 is 0 Å². The third-order valence-corrected chi connectivity index (χ3v) is 1.56. The number of aromatic hydroxyl groups is 1. The maximum atomic E-state index is 9.67. The quantitative estimate of drug-likeness (QED) is 0.673. The number of hydrogen-bond donors (Lipinski definition) is 3. The minimum atomic E-state index is -2.85. The van der Waals surface area contributed by atoms with E-state index in [0.717, 1.165) is 0 Å². The number of nitrogens with one attached hydrogen (secondary N) is 1. The smallest absolute Gasteiger partial charge is 0.116 e. The third-order valence-electron chi connectivity index (χ3n) is 1.56. The van der Waals surface area contributed by atoms with Gasteiger partial charge in [-0.15, -0.1) is 0 Å². The summed E-state index contributed by atoms with van der Waals surface area (Å²) in [5.74, 6) is -0.832. The molecule has 1 aromatic heterocycles. The molecule has 1 aromatic carbocycles. The summed E-state index contributed by atoms with van der Waals surface area (Å²) in [5.41, 5.74) is 4.43. The Morgan fingerprint density at radius 1 is 1.62 bits per heavy atom. The first kappa shape index (κ1) is 3.03. The first-order valence-corrected chi connectivity index (χ1v) is 3.51. The molecule has 3 nitrogen and oxygen atoms in total. The maximum absolute atomic E-state index is 9.67. The van der Waals surface area contributed by atoms with Gasteiger partial charge in [0.1, 0.15) is 5.75 Å². The predicted octanol–water partition coefficient (Wildman–Crippen LogP) is 1.37. The number of nitrogens with two attached hydrogens (primary N) is 1. The molecule has 0 saturated heterocycles. The number of phenols is 1. The third kappa shape index (κ3) is 1.38. The molecule has 0 aliphatic carbocycles. The van der Waals surface area contributed by atoms with Crippen molar-refractivity contribution in [1.82, 2.24) is 4.98 Å². The van der Waals surface area contributed by atoms with Crippen molar-refractivity contribution in [3.05, 3.63) is 29.9 Å². The molecule has 0 amide bonds. The second-order valence-corrected chi connectivity index (χ2v) is 2.37. The lowest BCUT2D eigenvalue weighted by Crippen LogP contribution is -2.01. The van der Waals surface area contributed by atoms with Crippen LogP contribution in [-0.2, 0) is 6.37 Å². The highest BCUT2D eigenvalue weighted by Gasteiger charge is 2.02. The van der Waals surface area contributed by atoms with E-state index in [1.165, 1.54) is 0 Å². The Balaban J connectivity index is 3.00. The van der Waals surface area contributed by atoms with Crippen LogP contribution in [0.15, 0.2) is 24.3 Å². The van der Waals surface area contributed by atoms with Crippen LogP contribution in [0.2, 0.25) is 0 Å². The highest BCUT2D eigenvalue weighted by Crippen LogP contribution is 2.22. The molecule has 2 rings (SSSR count). The van der Waals surface area contributed by atoms with E-state index in [0.29, 0.717) is 0 Å². The molecule has 0 aliphatic heterocycles. The van der Waals surface area contributed by atoms with E-state index in [9.17, 15) is 5.11 Å². The molecule has 13 heavy (non-hydrogen) atoms. The fraction of sp³-hybridized carbons (Fsp3) is 0.200. The van der Waals surface area contributed by atoms with Gasteiger partial charge in [-0.3, -0.25) is 0 Å². The van der Waals surface area contributed by atoms with Crippen LogP contribution in [-0.4, -0.2) is 16.6 Å². The normalized spacial score (nSPS) is 21.9. The van der Waals surface area contributed by atoms with Gasteiger partial charge in [0.05, 0.1) is 5.48 Å². The molecule has 0 aliphatic rings. The van der Waals surface area contributed by atoms with Gasteiger partial charge in [0.15, 0.2) is 0 Å². The minimum absolute atomic E-state index is 0.184. The van der Waals surface area contributed by atoms with Crippen molar-refractivity contribution in [3.8, 4) is 5.75 Å². The summed E-state index contributed by atoms with van der Waals surface area (Å²) < 4.78 is 61.1. The van der Waals surface area contributed by atoms with Crippen molar-refractivity contribution in [2.45, 2.75) is 6.37 Å². The van der Waals surface area contributed by atoms with E-state index in [2.05, 4.69) is 4.98 Å². The van der Waals surface area contributed by atoms with E-state index in [-0.39, 0.29) is 10.9 Å². The number of H-pyrrole nitrogens is 1. The van der Waals surface area contributed by atoms with Crippen molar-refractivity contribution in [2.75, 3.05) is 6.50 Å². The average molecular weight is 192 g/mol. The lowest BCUT2D eigenvalue weighted by atomic mass is 10.1. The summed E-state index contributed by atoms with van der Waals surface area (Å²) >= 11 is 0. The van der Waals surface area contributed by atoms with Crippen LogP contribution in [0.5, 0.6) is 5.75 Å². The van der Waals surface area contributed by atoms with Gasteiger partial charge in [-0.25, -0.2) is 0 Å². The largest absolute Gasteiger partial charge is 0.508 e. The summed E-state index contributed by atoms with van der Waals surface area (Å²) in [6.45, 7) is -2.85. The number of phenolic OH excluding ortho intramolecular Hbond substituents is 1. The van der Waals surface area contributed by atoms with Gasteiger partial charge in [-0.1, -0.05) is 0 Å². The van der Waals surface area contributed by atoms with Crippen LogP contribution in [0.1, 0.15) is 16.5 Å². The molecule has 4 N–H and O–H groups in total. The molecule has 0 radical (unpaired) electrons. The number of hydrogen-bond acceptors (Lipinski definition) is 2. The molecule has 2 aromatic rings. The number of benzene rings is 1. The Morgan fingerprint density at radius 2 is 2.46 bits per heavy atom. The first-order valence-electron chi connectivity index (χ1n) is 7.51. The van der Waals surface area contributed by atoms with Gasteiger partial charge in [0.25, 0.3) is 0 Å². The predicted molar refractivity (Wildman–Crippen MR) is 52.7 cm³/mol. The second kappa shape index (κ2) is 3.11. The van der Waals surface area contributed by atoms with Crippen LogP contribution in [0.25, 0.3) is 10.9 Å². The highest BCUT2D eigenvalue weighted by atomic mass is 16.3. The Bertz CT molecular complexity index is 733. The standard InChI is InChI=1S/C10H12N2O/c11-4-3-7-6-12-10-2-1-8(13)5-9(7)10/h1-2,5-6,12-13H,3-4,11H2/i1T,2T,3T2,4T2,5T,6T. The zero-order valence-electron chi connectivity index (χ0n) is 14.5. The van der Waals surface area contributed by atoms with Gasteiger partial charge in [0, 0.05) is 22.6 Å². The molecular formula is C10H12N2O. The van der Waals surface area contributed by atoms with Gasteiger partial charge in [0.2, 0.25) is 0 Å². The Labute approximate surface area is 87.4 Å². The topological polar surface area (TPSA) is 62.0 Å². The molecule has 0 fully saturated rings. The molecule has 0 atom stereocenters. The van der Waals surface area contributed by atoms with E-state index in [1.54, 1.807) is 0 Å². The first-order chi connectivity index (χ1) is 9.41. The molecular weight excluding hydrogens is 164 g/mol. The van der Waals surface area contributed by atoms with Crippen LogP contribution in [0.4, 0.5) is 0 Å². The number of aromatic nitrogens is 1. The van der Waals surface area contributed by atoms with Crippen molar-refractivity contribution in [3.63, 3.8) is 0 Å².